The van der Waals surface area contributed by atoms with E-state index >= 15 is 0 Å². The number of anilines is 1. The Labute approximate surface area is 95.6 Å². The van der Waals surface area contributed by atoms with Crippen LogP contribution in [-0.2, 0) is 0 Å². The molecular weight excluding hydrogens is 202 g/mol. The van der Waals surface area contributed by atoms with Crippen LogP contribution in [-0.4, -0.2) is 24.1 Å². The lowest BCUT2D eigenvalue weighted by atomic mass is 10.2. The summed E-state index contributed by atoms with van der Waals surface area (Å²) in [5.74, 6) is 0. The molecule has 16 heavy (non-hydrogen) atoms. The van der Waals surface area contributed by atoms with Crippen LogP contribution in [0.4, 0.5) is 10.5 Å². The number of para-hydroxylation sites is 1. The molecule has 1 aliphatic rings. The van der Waals surface area contributed by atoms with Crippen LogP contribution in [0.3, 0.4) is 0 Å². The molecule has 0 unspecified atom stereocenters. The van der Waals surface area contributed by atoms with Crippen molar-refractivity contribution in [2.24, 2.45) is 0 Å². The van der Waals surface area contributed by atoms with E-state index in [1.54, 1.807) is 0 Å². The Morgan fingerprint density at radius 1 is 1.06 bits per heavy atom. The number of piperidine rings is 1. The van der Waals surface area contributed by atoms with Crippen LogP contribution in [0.25, 0.3) is 0 Å². The van der Waals surface area contributed by atoms with Crippen LogP contribution in [0.1, 0.15) is 19.3 Å². The van der Waals surface area contributed by atoms with Gasteiger partial charge in [0, 0.05) is 18.8 Å². The van der Waals surface area contributed by atoms with E-state index < -0.39 is 0 Å². The topological polar surface area (TPSA) is 44.4 Å². The monoisotopic (exact) mass is 219 g/mol. The lowest BCUT2D eigenvalue weighted by molar-refractivity contribution is 0.162. The van der Waals surface area contributed by atoms with E-state index in [1.165, 1.54) is 6.42 Å². The molecule has 86 valence electrons. The van der Waals surface area contributed by atoms with Crippen molar-refractivity contribution in [3.63, 3.8) is 0 Å². The highest BCUT2D eigenvalue weighted by molar-refractivity contribution is 5.88. The van der Waals surface area contributed by atoms with E-state index in [4.69, 9.17) is 0 Å². The maximum absolute atomic E-state index is 11.6. The number of nitrogens with zero attached hydrogens (tertiary/aromatic N) is 1. The molecule has 0 spiro atoms. The third kappa shape index (κ3) is 3.24. The largest absolute Gasteiger partial charge is 0.333 e. The zero-order valence-corrected chi connectivity index (χ0v) is 9.28. The number of nitrogens with one attached hydrogen (secondary N) is 2. The zero-order valence-electron chi connectivity index (χ0n) is 9.28. The van der Waals surface area contributed by atoms with Gasteiger partial charge in [-0.3, -0.25) is 5.43 Å². The Morgan fingerprint density at radius 3 is 2.44 bits per heavy atom. The summed E-state index contributed by atoms with van der Waals surface area (Å²) >= 11 is 0. The zero-order chi connectivity index (χ0) is 11.2. The Balaban J connectivity index is 1.80. The molecule has 0 radical (unpaired) electrons. The predicted octanol–water partition coefficient (Wildman–Crippen LogP) is 2.21. The van der Waals surface area contributed by atoms with Crippen molar-refractivity contribution in [3.05, 3.63) is 30.3 Å². The lowest BCUT2D eigenvalue weighted by Gasteiger charge is -2.26. The van der Waals surface area contributed by atoms with E-state index in [2.05, 4.69) is 10.7 Å². The maximum Gasteiger partial charge on any atom is 0.333 e. The number of amides is 2. The summed E-state index contributed by atoms with van der Waals surface area (Å²) in [7, 11) is 0. The fourth-order valence-corrected chi connectivity index (χ4v) is 1.83. The number of hydrazine groups is 1. The Morgan fingerprint density at radius 2 is 1.75 bits per heavy atom. The molecule has 0 aromatic heterocycles. The molecule has 0 aliphatic carbocycles. The molecule has 1 fully saturated rings. The summed E-state index contributed by atoms with van der Waals surface area (Å²) in [6, 6.07) is 9.31. The quantitative estimate of drug-likeness (QED) is 0.801. The average molecular weight is 219 g/mol. The van der Waals surface area contributed by atoms with E-state index in [9.17, 15) is 4.79 Å². The van der Waals surface area contributed by atoms with Crippen LogP contribution < -0.4 is 10.7 Å². The number of benzene rings is 1. The normalized spacial score (nSPS) is 16.8. The standard InChI is InChI=1S/C12H17N3O/c16-12(13-11-7-3-1-4-8-11)14-15-9-5-2-6-10-15/h1,3-4,7-8H,2,5-6,9-10H2,(H2,13,14,16). The summed E-state index contributed by atoms with van der Waals surface area (Å²) in [6.45, 7) is 1.89. The highest BCUT2D eigenvalue weighted by atomic mass is 16.2. The van der Waals surface area contributed by atoms with Crippen LogP contribution in [0.5, 0.6) is 0 Å². The number of hydrogen-bond donors (Lipinski definition) is 2. The first-order valence-corrected chi connectivity index (χ1v) is 5.72. The fraction of sp³-hybridized carbons (Fsp3) is 0.417. The number of hydrogen-bond acceptors (Lipinski definition) is 2. The summed E-state index contributed by atoms with van der Waals surface area (Å²) < 4.78 is 0. The van der Waals surface area contributed by atoms with Crippen LogP contribution in [0.15, 0.2) is 30.3 Å². The van der Waals surface area contributed by atoms with Crippen molar-refractivity contribution in [2.45, 2.75) is 19.3 Å². The molecule has 1 aliphatic heterocycles. The number of rotatable bonds is 2. The van der Waals surface area contributed by atoms with Gasteiger partial charge < -0.3 is 5.32 Å². The summed E-state index contributed by atoms with van der Waals surface area (Å²) in [6.07, 6.45) is 3.58. The molecule has 2 amide bonds. The highest BCUT2D eigenvalue weighted by Crippen LogP contribution is 2.07. The second-order valence-electron chi connectivity index (χ2n) is 3.98. The van der Waals surface area contributed by atoms with E-state index in [-0.39, 0.29) is 6.03 Å². The third-order valence-electron chi connectivity index (χ3n) is 2.65. The Hall–Kier alpha value is -1.55. The van der Waals surface area contributed by atoms with Gasteiger partial charge in [0.2, 0.25) is 0 Å². The lowest BCUT2D eigenvalue weighted by Crippen LogP contribution is -2.46. The van der Waals surface area contributed by atoms with Gasteiger partial charge in [-0.15, -0.1) is 0 Å². The predicted molar refractivity (Wildman–Crippen MR) is 64.0 cm³/mol. The third-order valence-corrected chi connectivity index (χ3v) is 2.65. The number of urea groups is 1. The van der Waals surface area contributed by atoms with Gasteiger partial charge in [-0.1, -0.05) is 24.6 Å². The van der Waals surface area contributed by atoms with Gasteiger partial charge in [-0.05, 0) is 25.0 Å². The van der Waals surface area contributed by atoms with Gasteiger partial charge in [-0.2, -0.15) is 0 Å². The average Bonchev–Trinajstić information content (AvgIpc) is 2.31. The van der Waals surface area contributed by atoms with Crippen LogP contribution >= 0.6 is 0 Å². The molecule has 2 rings (SSSR count). The summed E-state index contributed by atoms with van der Waals surface area (Å²) in [4.78, 5) is 11.6. The van der Waals surface area contributed by atoms with Crippen molar-refractivity contribution in [1.29, 1.82) is 0 Å². The van der Waals surface area contributed by atoms with E-state index in [0.717, 1.165) is 31.6 Å². The Kier molecular flexibility index (Phi) is 3.77. The molecule has 1 saturated heterocycles. The molecule has 4 nitrogen and oxygen atoms in total. The van der Waals surface area contributed by atoms with Crippen molar-refractivity contribution >= 4 is 11.7 Å². The maximum atomic E-state index is 11.6. The molecule has 0 atom stereocenters. The number of carbonyl (C=O) groups excluding carboxylic acids is 1. The van der Waals surface area contributed by atoms with Gasteiger partial charge in [0.1, 0.15) is 0 Å². The molecule has 1 aromatic rings. The van der Waals surface area contributed by atoms with Crippen LogP contribution in [0.2, 0.25) is 0 Å². The van der Waals surface area contributed by atoms with Gasteiger partial charge in [0.05, 0.1) is 0 Å². The molecule has 0 saturated carbocycles. The summed E-state index contributed by atoms with van der Waals surface area (Å²) in [5, 5.41) is 4.77. The van der Waals surface area contributed by atoms with Gasteiger partial charge >= 0.3 is 6.03 Å². The smallest absolute Gasteiger partial charge is 0.307 e. The van der Waals surface area contributed by atoms with E-state index in [0.29, 0.717) is 0 Å². The molecule has 1 aromatic carbocycles. The van der Waals surface area contributed by atoms with Crippen LogP contribution in [0, 0.1) is 0 Å². The SMILES string of the molecule is O=C(Nc1ccccc1)NN1CCCCC1. The van der Waals surface area contributed by atoms with Gasteiger partial charge in [0.25, 0.3) is 0 Å². The molecule has 0 bridgehead atoms. The minimum absolute atomic E-state index is 0.159. The van der Waals surface area contributed by atoms with Crippen molar-refractivity contribution in [2.75, 3.05) is 18.4 Å². The first-order chi connectivity index (χ1) is 7.84. The van der Waals surface area contributed by atoms with Gasteiger partial charge in [0.15, 0.2) is 0 Å². The van der Waals surface area contributed by atoms with Crippen molar-refractivity contribution in [3.8, 4) is 0 Å². The minimum atomic E-state index is -0.159. The molecule has 1 heterocycles. The number of carbonyl (C=O) groups is 1. The first kappa shape index (κ1) is 11.0. The second-order valence-corrected chi connectivity index (χ2v) is 3.98. The molecular formula is C12H17N3O. The van der Waals surface area contributed by atoms with E-state index in [1.807, 2.05) is 35.3 Å². The fourth-order valence-electron chi connectivity index (χ4n) is 1.83. The van der Waals surface area contributed by atoms with Crippen molar-refractivity contribution in [1.82, 2.24) is 10.4 Å². The van der Waals surface area contributed by atoms with Gasteiger partial charge in [-0.25, -0.2) is 9.80 Å². The Bertz CT molecular complexity index is 333. The molecule has 4 heteroatoms. The first-order valence-electron chi connectivity index (χ1n) is 5.72. The van der Waals surface area contributed by atoms with Crippen molar-refractivity contribution < 1.29 is 4.79 Å². The highest BCUT2D eigenvalue weighted by Gasteiger charge is 2.12. The second kappa shape index (κ2) is 5.51. The summed E-state index contributed by atoms with van der Waals surface area (Å²) in [5.41, 5.74) is 3.67. The molecule has 2 N–H and O–H groups in total. The minimum Gasteiger partial charge on any atom is -0.307 e.